The van der Waals surface area contributed by atoms with Gasteiger partial charge in [0.15, 0.2) is 0 Å². The lowest BCUT2D eigenvalue weighted by Gasteiger charge is -2.24. The van der Waals surface area contributed by atoms with Crippen LogP contribution in [-0.2, 0) is 0 Å². The SMILES string of the molecule is CCN(CC)c1ccccc1C=NN(c1ccccc1)c1cccc2ccccc12. The first kappa shape index (κ1) is 19.7. The highest BCUT2D eigenvalue weighted by molar-refractivity contribution is 5.97. The van der Waals surface area contributed by atoms with Gasteiger partial charge in [0.05, 0.1) is 17.6 Å². The average molecular weight is 394 g/mol. The lowest BCUT2D eigenvalue weighted by molar-refractivity contribution is 0.865. The van der Waals surface area contributed by atoms with Crippen LogP contribution in [0.25, 0.3) is 10.8 Å². The number of hydrogen-bond donors (Lipinski definition) is 0. The summed E-state index contributed by atoms with van der Waals surface area (Å²) in [6.07, 6.45) is 1.97. The van der Waals surface area contributed by atoms with E-state index in [0.717, 1.165) is 30.0 Å². The van der Waals surface area contributed by atoms with E-state index in [4.69, 9.17) is 5.10 Å². The second-order valence-electron chi connectivity index (χ2n) is 7.12. The van der Waals surface area contributed by atoms with E-state index < -0.39 is 0 Å². The second kappa shape index (κ2) is 9.27. The van der Waals surface area contributed by atoms with E-state index in [9.17, 15) is 0 Å². The molecule has 0 radical (unpaired) electrons. The molecule has 4 aromatic rings. The summed E-state index contributed by atoms with van der Waals surface area (Å²) in [7, 11) is 0. The monoisotopic (exact) mass is 393 g/mol. The minimum absolute atomic E-state index is 0.965. The Morgan fingerprint density at radius 1 is 0.667 bits per heavy atom. The van der Waals surface area contributed by atoms with Crippen LogP contribution in [0.1, 0.15) is 19.4 Å². The average Bonchev–Trinajstić information content (AvgIpc) is 2.82. The molecule has 0 saturated heterocycles. The third-order valence-corrected chi connectivity index (χ3v) is 5.35. The summed E-state index contributed by atoms with van der Waals surface area (Å²) in [5.74, 6) is 0. The summed E-state index contributed by atoms with van der Waals surface area (Å²) in [6, 6.07) is 33.6. The molecule has 0 atom stereocenters. The number of nitrogens with zero attached hydrogens (tertiary/aromatic N) is 3. The van der Waals surface area contributed by atoms with Crippen molar-refractivity contribution in [1.29, 1.82) is 0 Å². The third-order valence-electron chi connectivity index (χ3n) is 5.35. The van der Waals surface area contributed by atoms with E-state index in [2.05, 4.69) is 97.6 Å². The van der Waals surface area contributed by atoms with E-state index in [1.54, 1.807) is 0 Å². The molecule has 0 unspecified atom stereocenters. The fourth-order valence-electron chi connectivity index (χ4n) is 3.80. The molecule has 0 saturated carbocycles. The Morgan fingerprint density at radius 2 is 1.30 bits per heavy atom. The first-order valence-corrected chi connectivity index (χ1v) is 10.5. The van der Waals surface area contributed by atoms with Crippen molar-refractivity contribution in [1.82, 2.24) is 0 Å². The molecule has 0 aliphatic rings. The van der Waals surface area contributed by atoms with Gasteiger partial charge in [0.1, 0.15) is 0 Å². The summed E-state index contributed by atoms with van der Waals surface area (Å²) >= 11 is 0. The van der Waals surface area contributed by atoms with Crippen molar-refractivity contribution in [3.8, 4) is 0 Å². The molecule has 3 nitrogen and oxygen atoms in total. The number of fused-ring (bicyclic) bond motifs is 1. The topological polar surface area (TPSA) is 18.8 Å². The van der Waals surface area contributed by atoms with Crippen molar-refractivity contribution in [2.75, 3.05) is 23.0 Å². The number of benzene rings is 4. The van der Waals surface area contributed by atoms with Crippen molar-refractivity contribution in [2.24, 2.45) is 5.10 Å². The highest BCUT2D eigenvalue weighted by Crippen LogP contribution is 2.32. The van der Waals surface area contributed by atoms with Crippen molar-refractivity contribution in [3.05, 3.63) is 103 Å². The zero-order valence-electron chi connectivity index (χ0n) is 17.6. The summed E-state index contributed by atoms with van der Waals surface area (Å²) in [5.41, 5.74) is 4.42. The minimum Gasteiger partial charge on any atom is -0.372 e. The van der Waals surface area contributed by atoms with Gasteiger partial charge in [-0.05, 0) is 43.5 Å². The predicted octanol–water partition coefficient (Wildman–Crippen LogP) is 6.86. The molecular formula is C27H27N3. The van der Waals surface area contributed by atoms with E-state index >= 15 is 0 Å². The molecule has 30 heavy (non-hydrogen) atoms. The third kappa shape index (κ3) is 4.06. The highest BCUT2D eigenvalue weighted by Gasteiger charge is 2.12. The molecule has 0 amide bonds. The zero-order chi connectivity index (χ0) is 20.8. The van der Waals surface area contributed by atoms with Gasteiger partial charge in [-0.3, -0.25) is 0 Å². The van der Waals surface area contributed by atoms with Crippen LogP contribution in [-0.4, -0.2) is 19.3 Å². The molecule has 4 rings (SSSR count). The molecular weight excluding hydrogens is 366 g/mol. The van der Waals surface area contributed by atoms with E-state index in [-0.39, 0.29) is 0 Å². The van der Waals surface area contributed by atoms with Crippen LogP contribution < -0.4 is 9.91 Å². The standard InChI is InChI=1S/C27H27N3/c1-3-29(4-2)26-19-11-9-14-23(26)21-28-30(24-16-6-5-7-17-24)27-20-12-15-22-13-8-10-18-25(22)27/h5-21H,3-4H2,1-2H3. The quantitative estimate of drug-likeness (QED) is 0.252. The van der Waals surface area contributed by atoms with Crippen molar-refractivity contribution >= 4 is 34.0 Å². The first-order chi connectivity index (χ1) is 14.8. The van der Waals surface area contributed by atoms with Crippen LogP contribution in [0.3, 0.4) is 0 Å². The molecule has 0 fully saturated rings. The number of anilines is 3. The van der Waals surface area contributed by atoms with Crippen LogP contribution in [0, 0.1) is 0 Å². The van der Waals surface area contributed by atoms with Gasteiger partial charge >= 0.3 is 0 Å². The summed E-state index contributed by atoms with van der Waals surface area (Å²) in [4.78, 5) is 2.35. The summed E-state index contributed by atoms with van der Waals surface area (Å²) in [6.45, 7) is 6.30. The number of hydrogen-bond acceptors (Lipinski definition) is 3. The van der Waals surface area contributed by atoms with Gasteiger partial charge in [-0.1, -0.05) is 72.8 Å². The lowest BCUT2D eigenvalue weighted by Crippen LogP contribution is -2.23. The second-order valence-corrected chi connectivity index (χ2v) is 7.12. The van der Waals surface area contributed by atoms with Gasteiger partial charge in [-0.2, -0.15) is 5.10 Å². The Labute approximate surface area is 178 Å². The molecule has 3 heteroatoms. The smallest absolute Gasteiger partial charge is 0.0730 e. The fourth-order valence-corrected chi connectivity index (χ4v) is 3.80. The van der Waals surface area contributed by atoms with Crippen LogP contribution in [0.2, 0.25) is 0 Å². The largest absolute Gasteiger partial charge is 0.372 e. The maximum atomic E-state index is 4.98. The van der Waals surface area contributed by atoms with Gasteiger partial charge in [-0.15, -0.1) is 0 Å². The van der Waals surface area contributed by atoms with E-state index in [1.807, 2.05) is 29.4 Å². The molecule has 0 aromatic heterocycles. The van der Waals surface area contributed by atoms with Crippen LogP contribution in [0.15, 0.2) is 102 Å². The van der Waals surface area contributed by atoms with Gasteiger partial charge < -0.3 is 4.90 Å². The van der Waals surface area contributed by atoms with Crippen molar-refractivity contribution in [2.45, 2.75) is 13.8 Å². The van der Waals surface area contributed by atoms with Crippen LogP contribution in [0.5, 0.6) is 0 Å². The van der Waals surface area contributed by atoms with Crippen molar-refractivity contribution < 1.29 is 0 Å². The molecule has 0 aliphatic heterocycles. The predicted molar refractivity (Wildman–Crippen MR) is 130 cm³/mol. The Kier molecular flexibility index (Phi) is 6.09. The van der Waals surface area contributed by atoms with Crippen LogP contribution >= 0.6 is 0 Å². The maximum Gasteiger partial charge on any atom is 0.0730 e. The Hall–Kier alpha value is -3.59. The zero-order valence-corrected chi connectivity index (χ0v) is 17.6. The summed E-state index contributed by atoms with van der Waals surface area (Å²) < 4.78 is 0. The molecule has 0 N–H and O–H groups in total. The fraction of sp³-hybridized carbons (Fsp3) is 0.148. The lowest BCUT2D eigenvalue weighted by atomic mass is 10.1. The normalized spacial score (nSPS) is 11.1. The Bertz CT molecular complexity index is 1130. The highest BCUT2D eigenvalue weighted by atomic mass is 15.5. The molecule has 0 bridgehead atoms. The number of hydrazone groups is 1. The van der Waals surface area contributed by atoms with Crippen LogP contribution in [0.4, 0.5) is 17.1 Å². The maximum absolute atomic E-state index is 4.98. The van der Waals surface area contributed by atoms with Gasteiger partial charge in [0.25, 0.3) is 0 Å². The Morgan fingerprint density at radius 3 is 2.10 bits per heavy atom. The van der Waals surface area contributed by atoms with E-state index in [1.165, 1.54) is 16.5 Å². The van der Waals surface area contributed by atoms with Gasteiger partial charge in [0, 0.05) is 29.7 Å². The summed E-state index contributed by atoms with van der Waals surface area (Å²) in [5, 5.41) is 9.39. The van der Waals surface area contributed by atoms with Crippen molar-refractivity contribution in [3.63, 3.8) is 0 Å². The molecule has 0 aliphatic carbocycles. The molecule has 0 spiro atoms. The molecule has 150 valence electrons. The van der Waals surface area contributed by atoms with Gasteiger partial charge in [-0.25, -0.2) is 5.01 Å². The minimum atomic E-state index is 0.965. The van der Waals surface area contributed by atoms with Gasteiger partial charge in [0.2, 0.25) is 0 Å². The number of para-hydroxylation sites is 2. The number of rotatable bonds is 7. The first-order valence-electron chi connectivity index (χ1n) is 10.5. The van der Waals surface area contributed by atoms with E-state index in [0.29, 0.717) is 0 Å². The Balaban J connectivity index is 1.82. The molecule has 4 aromatic carbocycles. The molecule has 0 heterocycles.